The molecule has 0 radical (unpaired) electrons. The molecule has 3 N–H and O–H groups in total. The topological polar surface area (TPSA) is 77.6 Å². The zero-order chi connectivity index (χ0) is 19.4. The van der Waals surface area contributed by atoms with Crippen LogP contribution in [0, 0.1) is 0 Å². The molecule has 2 aliphatic heterocycles. The second kappa shape index (κ2) is 5.94. The fraction of sp³-hybridized carbons (Fsp3) is 0. The van der Waals surface area contributed by atoms with Gasteiger partial charge in [0.1, 0.15) is 5.75 Å². The van der Waals surface area contributed by atoms with Crippen molar-refractivity contribution < 1.29 is 5.11 Å². The summed E-state index contributed by atoms with van der Waals surface area (Å²) in [5.74, 6) is 0.185. The summed E-state index contributed by atoms with van der Waals surface area (Å²) in [5.41, 5.74) is 8.89. The fourth-order valence-electron chi connectivity index (χ4n) is 3.82. The summed E-state index contributed by atoms with van der Waals surface area (Å²) in [5, 5.41) is 10.4. The van der Waals surface area contributed by atoms with Crippen molar-refractivity contribution in [1.82, 2.24) is 19.9 Å². The molecule has 1 aromatic carbocycles. The second-order valence-corrected chi connectivity index (χ2v) is 7.19. The molecule has 138 valence electrons. The van der Waals surface area contributed by atoms with Gasteiger partial charge in [-0.2, -0.15) is 0 Å². The van der Waals surface area contributed by atoms with Gasteiger partial charge in [-0.25, -0.2) is 9.97 Å². The third-order valence-corrected chi connectivity index (χ3v) is 5.16. The third-order valence-electron chi connectivity index (χ3n) is 5.16. The lowest BCUT2D eigenvalue weighted by atomic mass is 10.1. The van der Waals surface area contributed by atoms with E-state index in [0.717, 1.165) is 50.5 Å². The molecular formula is C24H16N4O. The van der Waals surface area contributed by atoms with Gasteiger partial charge in [-0.1, -0.05) is 24.3 Å². The highest BCUT2D eigenvalue weighted by Gasteiger charge is 2.15. The Morgan fingerprint density at radius 3 is 2.03 bits per heavy atom. The number of nitrogens with zero attached hydrogens (tertiary/aromatic N) is 2. The summed E-state index contributed by atoms with van der Waals surface area (Å²) < 4.78 is 0. The van der Waals surface area contributed by atoms with Crippen LogP contribution in [0.3, 0.4) is 0 Å². The van der Waals surface area contributed by atoms with Crippen LogP contribution in [0.2, 0.25) is 0 Å². The van der Waals surface area contributed by atoms with Crippen molar-refractivity contribution in [2.24, 2.45) is 0 Å². The molecule has 3 aromatic heterocycles. The zero-order valence-corrected chi connectivity index (χ0v) is 15.3. The molecule has 0 spiro atoms. The summed E-state index contributed by atoms with van der Waals surface area (Å²) in [6.07, 6.45) is 3.93. The number of aromatic nitrogens is 4. The van der Waals surface area contributed by atoms with E-state index < -0.39 is 0 Å². The minimum Gasteiger partial charge on any atom is -0.506 e. The second-order valence-electron chi connectivity index (χ2n) is 7.19. The van der Waals surface area contributed by atoms with Crippen molar-refractivity contribution in [2.45, 2.75) is 0 Å². The van der Waals surface area contributed by atoms with E-state index in [9.17, 15) is 5.11 Å². The highest BCUT2D eigenvalue weighted by molar-refractivity contribution is 5.88. The Bertz CT molecular complexity index is 1470. The van der Waals surface area contributed by atoms with Gasteiger partial charge in [-0.05, 0) is 48.6 Å². The van der Waals surface area contributed by atoms with Crippen LogP contribution in [0.5, 0.6) is 5.75 Å². The largest absolute Gasteiger partial charge is 0.506 e. The van der Waals surface area contributed by atoms with Crippen LogP contribution in [-0.2, 0) is 0 Å². The number of H-pyrrole nitrogens is 2. The molecule has 5 heteroatoms. The zero-order valence-electron chi connectivity index (χ0n) is 15.3. The van der Waals surface area contributed by atoms with Crippen molar-refractivity contribution in [3.05, 3.63) is 78.1 Å². The van der Waals surface area contributed by atoms with Crippen LogP contribution < -0.4 is 0 Å². The van der Waals surface area contributed by atoms with Gasteiger partial charge in [-0.15, -0.1) is 0 Å². The van der Waals surface area contributed by atoms with Crippen molar-refractivity contribution in [3.8, 4) is 28.3 Å². The SMILES string of the molecule is Oc1cc2cc3nc(cc4ccc(cc5nc(cc1[nH]2)-c1ccccc1-5)[nH]4)C=C3. The van der Waals surface area contributed by atoms with Crippen molar-refractivity contribution in [1.29, 1.82) is 0 Å². The number of hydrogen-bond donors (Lipinski definition) is 3. The van der Waals surface area contributed by atoms with Gasteiger partial charge in [0.15, 0.2) is 0 Å². The predicted octanol–water partition coefficient (Wildman–Crippen LogP) is 5.52. The third kappa shape index (κ3) is 2.72. The molecule has 0 atom stereocenters. The number of hydrogen-bond acceptors (Lipinski definition) is 3. The molecular weight excluding hydrogens is 360 g/mol. The first-order valence-electron chi connectivity index (χ1n) is 9.40. The summed E-state index contributed by atoms with van der Waals surface area (Å²) in [6, 6.07) is 21.8. The normalized spacial score (nSPS) is 12.1. The molecule has 0 aliphatic carbocycles. The number of benzene rings is 1. The maximum atomic E-state index is 10.4. The molecule has 4 aromatic rings. The lowest BCUT2D eigenvalue weighted by molar-refractivity contribution is 0.482. The quantitative estimate of drug-likeness (QED) is 0.326. The summed E-state index contributed by atoms with van der Waals surface area (Å²) in [7, 11) is 0. The van der Waals surface area contributed by atoms with Crippen LogP contribution in [0.1, 0.15) is 11.4 Å². The van der Waals surface area contributed by atoms with Crippen LogP contribution in [0.15, 0.2) is 66.7 Å². The molecule has 2 aliphatic rings. The first kappa shape index (κ1) is 15.9. The molecule has 8 bridgehead atoms. The van der Waals surface area contributed by atoms with E-state index in [1.54, 1.807) is 6.07 Å². The Kier molecular flexibility index (Phi) is 3.25. The molecule has 0 amide bonds. The monoisotopic (exact) mass is 376 g/mol. The maximum Gasteiger partial charge on any atom is 0.141 e. The van der Waals surface area contributed by atoms with E-state index in [1.807, 2.05) is 60.7 Å². The molecule has 29 heavy (non-hydrogen) atoms. The maximum absolute atomic E-state index is 10.4. The average Bonchev–Trinajstić information content (AvgIpc) is 3.47. The number of aromatic amines is 2. The minimum absolute atomic E-state index is 0.185. The molecule has 6 rings (SSSR count). The van der Waals surface area contributed by atoms with E-state index in [2.05, 4.69) is 27.1 Å². The van der Waals surface area contributed by atoms with Crippen LogP contribution in [0.25, 0.3) is 56.7 Å². The molecule has 5 heterocycles. The smallest absolute Gasteiger partial charge is 0.141 e. The van der Waals surface area contributed by atoms with E-state index in [0.29, 0.717) is 5.52 Å². The van der Waals surface area contributed by atoms with Gasteiger partial charge in [0.25, 0.3) is 0 Å². The van der Waals surface area contributed by atoms with E-state index in [1.165, 1.54) is 0 Å². The molecule has 0 fully saturated rings. The fourth-order valence-corrected chi connectivity index (χ4v) is 3.82. The van der Waals surface area contributed by atoms with Crippen LogP contribution in [0.4, 0.5) is 0 Å². The first-order valence-corrected chi connectivity index (χ1v) is 9.40. The number of rotatable bonds is 0. The van der Waals surface area contributed by atoms with Crippen molar-refractivity contribution in [2.75, 3.05) is 0 Å². The van der Waals surface area contributed by atoms with Gasteiger partial charge in [0, 0.05) is 33.7 Å². The van der Waals surface area contributed by atoms with Gasteiger partial charge in [0.05, 0.1) is 28.3 Å². The van der Waals surface area contributed by atoms with Gasteiger partial charge in [-0.3, -0.25) is 0 Å². The van der Waals surface area contributed by atoms with Gasteiger partial charge < -0.3 is 15.1 Å². The molecule has 0 saturated heterocycles. The number of aromatic hydroxyl groups is 1. The highest BCUT2D eigenvalue weighted by Crippen LogP contribution is 2.36. The van der Waals surface area contributed by atoms with E-state index >= 15 is 0 Å². The Hall–Kier alpha value is -4.12. The lowest BCUT2D eigenvalue weighted by Crippen LogP contribution is -1.74. The highest BCUT2D eigenvalue weighted by atomic mass is 16.3. The van der Waals surface area contributed by atoms with Gasteiger partial charge in [0.2, 0.25) is 0 Å². The summed E-state index contributed by atoms with van der Waals surface area (Å²) in [6.45, 7) is 0. The van der Waals surface area contributed by atoms with Crippen LogP contribution in [-0.4, -0.2) is 25.0 Å². The molecule has 0 saturated carbocycles. The Morgan fingerprint density at radius 1 is 0.621 bits per heavy atom. The first-order chi connectivity index (χ1) is 14.2. The summed E-state index contributed by atoms with van der Waals surface area (Å²) >= 11 is 0. The van der Waals surface area contributed by atoms with Crippen molar-refractivity contribution >= 4 is 34.2 Å². The Balaban J connectivity index is 1.75. The molecule has 0 unspecified atom stereocenters. The standard InChI is InChI=1S/C24H16N4O/c29-24-12-18-10-16-6-5-14(25-16)9-15-7-8-17(26-15)11-21-19-3-1-2-4-20(19)22(28-21)13-23(24)27-18/h1-13,26-27,29H. The average molecular weight is 376 g/mol. The predicted molar refractivity (Wildman–Crippen MR) is 116 cm³/mol. The number of nitrogens with one attached hydrogen (secondary N) is 2. The number of fused-ring (bicyclic) bond motifs is 11. The lowest BCUT2D eigenvalue weighted by Gasteiger charge is -1.97. The minimum atomic E-state index is 0.185. The summed E-state index contributed by atoms with van der Waals surface area (Å²) in [4.78, 5) is 16.1. The van der Waals surface area contributed by atoms with E-state index in [4.69, 9.17) is 4.98 Å². The Labute approximate surface area is 166 Å². The molecule has 5 nitrogen and oxygen atoms in total. The Morgan fingerprint density at radius 2 is 1.28 bits per heavy atom. The van der Waals surface area contributed by atoms with Gasteiger partial charge >= 0.3 is 0 Å². The van der Waals surface area contributed by atoms with Crippen molar-refractivity contribution in [3.63, 3.8) is 0 Å². The van der Waals surface area contributed by atoms with E-state index in [-0.39, 0.29) is 5.75 Å². The van der Waals surface area contributed by atoms with Crippen LogP contribution >= 0.6 is 0 Å².